The molecule has 1 aliphatic carbocycles. The molecule has 0 aromatic heterocycles. The molecule has 1 heterocycles. The van der Waals surface area contributed by atoms with Crippen LogP contribution in [0, 0.1) is 11.8 Å². The van der Waals surface area contributed by atoms with Crippen LogP contribution in [-0.4, -0.2) is 54.2 Å². The Kier molecular flexibility index (Phi) is 7.50. The van der Waals surface area contributed by atoms with Crippen LogP contribution in [0.1, 0.15) is 49.7 Å². The molecule has 0 spiro atoms. The Balaban J connectivity index is 1.20. The zero-order valence-corrected chi connectivity index (χ0v) is 19.5. The van der Waals surface area contributed by atoms with Gasteiger partial charge in [-0.05, 0) is 47.4 Å². The van der Waals surface area contributed by atoms with Crippen molar-refractivity contribution in [3.8, 4) is 11.1 Å². The fourth-order valence-electron chi connectivity index (χ4n) is 5.08. The van der Waals surface area contributed by atoms with Crippen LogP contribution in [0.15, 0.2) is 48.5 Å². The van der Waals surface area contributed by atoms with Crippen LogP contribution in [-0.2, 0) is 14.3 Å². The summed E-state index contributed by atoms with van der Waals surface area (Å²) in [5.74, 6) is -0.778. The molecule has 4 rings (SSSR count). The van der Waals surface area contributed by atoms with Gasteiger partial charge in [0.25, 0.3) is 0 Å². The lowest BCUT2D eigenvalue weighted by atomic mass is 9.92. The summed E-state index contributed by atoms with van der Waals surface area (Å²) in [7, 11) is 0. The molecule has 2 aliphatic rings. The molecule has 0 bridgehead atoms. The number of aliphatic carboxylic acids is 1. The Morgan fingerprint density at radius 3 is 2.21 bits per heavy atom. The predicted molar refractivity (Wildman–Crippen MR) is 128 cm³/mol. The van der Waals surface area contributed by atoms with Gasteiger partial charge in [0, 0.05) is 37.9 Å². The van der Waals surface area contributed by atoms with Gasteiger partial charge in [-0.3, -0.25) is 9.59 Å². The third-order valence-corrected chi connectivity index (χ3v) is 7.00. The van der Waals surface area contributed by atoms with E-state index in [9.17, 15) is 14.4 Å². The van der Waals surface area contributed by atoms with E-state index in [4.69, 9.17) is 9.84 Å². The minimum Gasteiger partial charge on any atom is -0.481 e. The van der Waals surface area contributed by atoms with E-state index in [1.807, 2.05) is 36.1 Å². The minimum atomic E-state index is -0.780. The highest BCUT2D eigenvalue weighted by Gasteiger charge is 2.29. The molecule has 2 aromatic carbocycles. The molecular formula is C27H32N2O5. The second kappa shape index (κ2) is 10.7. The molecule has 1 unspecified atom stereocenters. The van der Waals surface area contributed by atoms with Crippen molar-refractivity contribution >= 4 is 18.0 Å². The lowest BCUT2D eigenvalue weighted by Gasteiger charge is -2.33. The van der Waals surface area contributed by atoms with Crippen molar-refractivity contribution in [2.45, 2.75) is 38.5 Å². The van der Waals surface area contributed by atoms with E-state index in [1.54, 1.807) is 0 Å². The van der Waals surface area contributed by atoms with E-state index in [-0.39, 0.29) is 36.7 Å². The van der Waals surface area contributed by atoms with Crippen molar-refractivity contribution in [3.05, 3.63) is 59.7 Å². The monoisotopic (exact) mass is 464 g/mol. The van der Waals surface area contributed by atoms with E-state index in [0.29, 0.717) is 26.1 Å². The lowest BCUT2D eigenvalue weighted by molar-refractivity contribution is -0.139. The first-order chi connectivity index (χ1) is 16.4. The van der Waals surface area contributed by atoms with Crippen LogP contribution in [0.4, 0.5) is 4.79 Å². The van der Waals surface area contributed by atoms with E-state index >= 15 is 0 Å². The number of likely N-dealkylation sites (tertiary alicyclic amines) is 1. The Labute approximate surface area is 200 Å². The number of carbonyl (C=O) groups excluding carboxylic acids is 2. The highest BCUT2D eigenvalue weighted by molar-refractivity contribution is 5.79. The summed E-state index contributed by atoms with van der Waals surface area (Å²) in [6.45, 7) is 3.69. The number of nitrogens with zero attached hydrogens (tertiary/aromatic N) is 1. The summed E-state index contributed by atoms with van der Waals surface area (Å²) in [4.78, 5) is 37.7. The van der Waals surface area contributed by atoms with Gasteiger partial charge in [-0.1, -0.05) is 55.5 Å². The second-order valence-electron chi connectivity index (χ2n) is 9.31. The molecule has 7 nitrogen and oxygen atoms in total. The van der Waals surface area contributed by atoms with Gasteiger partial charge in [-0.25, -0.2) is 4.79 Å². The first-order valence-electron chi connectivity index (χ1n) is 12.0. The Hall–Kier alpha value is -3.35. The molecule has 2 amide bonds. The van der Waals surface area contributed by atoms with Gasteiger partial charge in [0.2, 0.25) is 5.91 Å². The van der Waals surface area contributed by atoms with Gasteiger partial charge >= 0.3 is 12.1 Å². The molecule has 1 aliphatic heterocycles. The van der Waals surface area contributed by atoms with Gasteiger partial charge in [-0.15, -0.1) is 0 Å². The Morgan fingerprint density at radius 1 is 1.03 bits per heavy atom. The van der Waals surface area contributed by atoms with Crippen molar-refractivity contribution in [3.63, 3.8) is 0 Å². The number of alkyl carbamates (subject to hydrolysis) is 1. The number of piperidine rings is 1. The number of nitrogens with one attached hydrogen (secondary N) is 1. The summed E-state index contributed by atoms with van der Waals surface area (Å²) < 4.78 is 5.55. The zero-order chi connectivity index (χ0) is 24.1. The third-order valence-electron chi connectivity index (χ3n) is 7.00. The molecule has 1 atom stereocenters. The summed E-state index contributed by atoms with van der Waals surface area (Å²) >= 11 is 0. The number of ether oxygens (including phenoxy) is 1. The van der Waals surface area contributed by atoms with Crippen molar-refractivity contribution in [2.75, 3.05) is 26.2 Å². The standard InChI is InChI=1S/C27H32N2O5/c1-18(26(32)29-14-11-19(12-15-29)16-25(30)31)10-13-28-27(33)34-17-24-22-8-4-2-6-20(22)21-7-3-5-9-23(21)24/h2-9,18-19,24H,10-17H2,1H3,(H,28,33)(H,30,31). The SMILES string of the molecule is CC(CCNC(=O)OCC1c2ccccc2-c2ccccc21)C(=O)N1CCC(CC(=O)O)CC1. The van der Waals surface area contributed by atoms with Crippen molar-refractivity contribution in [2.24, 2.45) is 11.8 Å². The first-order valence-corrected chi connectivity index (χ1v) is 12.0. The molecule has 0 radical (unpaired) electrons. The fourth-order valence-corrected chi connectivity index (χ4v) is 5.08. The average Bonchev–Trinajstić information content (AvgIpc) is 3.16. The van der Waals surface area contributed by atoms with E-state index in [0.717, 1.165) is 12.8 Å². The number of carboxylic acid groups (broad SMARTS) is 1. The molecule has 0 saturated carbocycles. The van der Waals surface area contributed by atoms with Crippen LogP contribution in [0.2, 0.25) is 0 Å². The van der Waals surface area contributed by atoms with Gasteiger partial charge in [0.15, 0.2) is 0 Å². The zero-order valence-electron chi connectivity index (χ0n) is 19.5. The molecular weight excluding hydrogens is 432 g/mol. The topological polar surface area (TPSA) is 95.9 Å². The van der Waals surface area contributed by atoms with Crippen LogP contribution in [0.25, 0.3) is 11.1 Å². The molecule has 2 N–H and O–H groups in total. The number of amides is 2. The number of carbonyl (C=O) groups is 3. The smallest absolute Gasteiger partial charge is 0.407 e. The maximum absolute atomic E-state index is 12.7. The maximum atomic E-state index is 12.7. The van der Waals surface area contributed by atoms with Crippen molar-refractivity contribution in [1.82, 2.24) is 10.2 Å². The van der Waals surface area contributed by atoms with Gasteiger partial charge in [0.05, 0.1) is 0 Å². The van der Waals surface area contributed by atoms with E-state index < -0.39 is 12.1 Å². The summed E-state index contributed by atoms with van der Waals surface area (Å²) in [6.07, 6.45) is 1.67. The minimum absolute atomic E-state index is 0.0164. The van der Waals surface area contributed by atoms with Crippen molar-refractivity contribution < 1.29 is 24.2 Å². The number of hydrogen-bond donors (Lipinski definition) is 2. The summed E-state index contributed by atoms with van der Waals surface area (Å²) in [5.41, 5.74) is 4.71. The van der Waals surface area contributed by atoms with Crippen LogP contribution >= 0.6 is 0 Å². The number of fused-ring (bicyclic) bond motifs is 3. The van der Waals surface area contributed by atoms with Crippen molar-refractivity contribution in [1.29, 1.82) is 0 Å². The quantitative estimate of drug-likeness (QED) is 0.608. The molecule has 34 heavy (non-hydrogen) atoms. The summed E-state index contributed by atoms with van der Waals surface area (Å²) in [6, 6.07) is 16.4. The first kappa shape index (κ1) is 23.8. The van der Waals surface area contributed by atoms with Crippen LogP contribution in [0.5, 0.6) is 0 Å². The van der Waals surface area contributed by atoms with E-state index in [2.05, 4.69) is 29.6 Å². The van der Waals surface area contributed by atoms with Crippen LogP contribution in [0.3, 0.4) is 0 Å². The normalized spacial score (nSPS) is 16.4. The fraction of sp³-hybridized carbons (Fsp3) is 0.444. The largest absolute Gasteiger partial charge is 0.481 e. The number of rotatable bonds is 8. The van der Waals surface area contributed by atoms with Crippen LogP contribution < -0.4 is 5.32 Å². The van der Waals surface area contributed by atoms with E-state index in [1.165, 1.54) is 22.3 Å². The molecule has 1 fully saturated rings. The molecule has 7 heteroatoms. The second-order valence-corrected chi connectivity index (χ2v) is 9.31. The number of carboxylic acids is 1. The Morgan fingerprint density at radius 2 is 1.62 bits per heavy atom. The third kappa shape index (κ3) is 5.41. The molecule has 180 valence electrons. The number of hydrogen-bond acceptors (Lipinski definition) is 4. The van der Waals surface area contributed by atoms with Gasteiger partial charge < -0.3 is 20.1 Å². The highest BCUT2D eigenvalue weighted by atomic mass is 16.5. The van der Waals surface area contributed by atoms with Gasteiger partial charge in [-0.2, -0.15) is 0 Å². The van der Waals surface area contributed by atoms with Gasteiger partial charge in [0.1, 0.15) is 6.61 Å². The highest BCUT2D eigenvalue weighted by Crippen LogP contribution is 2.44. The predicted octanol–water partition coefficient (Wildman–Crippen LogP) is 4.26. The molecule has 1 saturated heterocycles. The lowest BCUT2D eigenvalue weighted by Crippen LogP contribution is -2.42. The number of benzene rings is 2. The summed E-state index contributed by atoms with van der Waals surface area (Å²) in [5, 5.41) is 11.7. The average molecular weight is 465 g/mol. The Bertz CT molecular complexity index is 999. The maximum Gasteiger partial charge on any atom is 0.407 e. The molecule has 2 aromatic rings.